The van der Waals surface area contributed by atoms with Crippen LogP contribution in [0.4, 0.5) is 0 Å². The van der Waals surface area contributed by atoms with Crippen LogP contribution >= 0.6 is 23.2 Å². The van der Waals surface area contributed by atoms with Crippen LogP contribution in [0.25, 0.3) is 0 Å². The van der Waals surface area contributed by atoms with Crippen molar-refractivity contribution in [3.8, 4) is 0 Å². The highest BCUT2D eigenvalue weighted by Crippen LogP contribution is 2.18. The largest absolute Gasteiger partial charge is 0.336 e. The zero-order valence-electron chi connectivity index (χ0n) is 12.4. The first-order valence-corrected chi connectivity index (χ1v) is 7.93. The molecule has 21 heavy (non-hydrogen) atoms. The molecule has 2 heterocycles. The van der Waals surface area contributed by atoms with Gasteiger partial charge < -0.3 is 4.90 Å². The predicted molar refractivity (Wildman–Crippen MR) is 83.9 cm³/mol. The molecule has 0 aromatic carbocycles. The van der Waals surface area contributed by atoms with E-state index in [2.05, 4.69) is 28.9 Å². The highest BCUT2D eigenvalue weighted by atomic mass is 35.5. The van der Waals surface area contributed by atoms with Gasteiger partial charge in [0.15, 0.2) is 10.3 Å². The zero-order valence-corrected chi connectivity index (χ0v) is 13.9. The van der Waals surface area contributed by atoms with Crippen molar-refractivity contribution in [1.82, 2.24) is 20.0 Å². The summed E-state index contributed by atoms with van der Waals surface area (Å²) in [4.78, 5) is 16.6. The molecule has 0 N–H and O–H groups in total. The molecule has 0 atom stereocenters. The summed E-state index contributed by atoms with van der Waals surface area (Å²) in [5.74, 6) is 0.578. The maximum Gasteiger partial charge on any atom is 0.257 e. The van der Waals surface area contributed by atoms with E-state index in [0.29, 0.717) is 24.6 Å². The number of rotatable bonds is 4. The second kappa shape index (κ2) is 7.38. The number of halogens is 2. The molecule has 5 nitrogen and oxygen atoms in total. The molecule has 0 aliphatic carbocycles. The van der Waals surface area contributed by atoms with E-state index in [-0.39, 0.29) is 16.2 Å². The van der Waals surface area contributed by atoms with Crippen LogP contribution in [0.2, 0.25) is 10.3 Å². The Morgan fingerprint density at radius 1 is 1.24 bits per heavy atom. The van der Waals surface area contributed by atoms with Crippen LogP contribution in [-0.2, 0) is 0 Å². The summed E-state index contributed by atoms with van der Waals surface area (Å²) >= 11 is 11.7. The van der Waals surface area contributed by atoms with Crippen LogP contribution in [0.3, 0.4) is 0 Å². The van der Waals surface area contributed by atoms with Gasteiger partial charge in [-0.2, -0.15) is 0 Å². The van der Waals surface area contributed by atoms with Crippen LogP contribution in [0.15, 0.2) is 6.07 Å². The Labute approximate surface area is 135 Å². The summed E-state index contributed by atoms with van der Waals surface area (Å²) in [5, 5.41) is 7.59. The van der Waals surface area contributed by atoms with E-state index in [1.54, 1.807) is 4.90 Å². The Morgan fingerprint density at radius 2 is 1.90 bits per heavy atom. The molecule has 1 aliphatic rings. The fraction of sp³-hybridized carbons (Fsp3) is 0.643. The molecule has 0 saturated carbocycles. The fourth-order valence-electron chi connectivity index (χ4n) is 2.29. The van der Waals surface area contributed by atoms with Gasteiger partial charge in [0.2, 0.25) is 0 Å². The molecular weight excluding hydrogens is 311 g/mol. The van der Waals surface area contributed by atoms with Crippen molar-refractivity contribution in [3.05, 3.63) is 21.9 Å². The summed E-state index contributed by atoms with van der Waals surface area (Å²) in [6, 6.07) is 1.48. The normalized spacial score (nSPS) is 16.5. The SMILES string of the molecule is CC(C)CCN1CCN(C(=O)c2cc(Cl)nnc2Cl)CC1. The first-order valence-electron chi connectivity index (χ1n) is 7.17. The highest BCUT2D eigenvalue weighted by molar-refractivity contribution is 6.34. The number of hydrogen-bond acceptors (Lipinski definition) is 4. The number of amides is 1. The average molecular weight is 331 g/mol. The number of nitrogens with zero attached hydrogens (tertiary/aromatic N) is 4. The standard InChI is InChI=1S/C14H20Cl2N4O/c1-10(2)3-4-19-5-7-20(8-6-19)14(21)11-9-12(15)17-18-13(11)16/h9-10H,3-8H2,1-2H3. The zero-order chi connectivity index (χ0) is 15.4. The lowest BCUT2D eigenvalue weighted by molar-refractivity contribution is 0.0631. The quantitative estimate of drug-likeness (QED) is 0.851. The maximum atomic E-state index is 12.4. The van der Waals surface area contributed by atoms with Gasteiger partial charge in [0.25, 0.3) is 5.91 Å². The minimum absolute atomic E-state index is 0.103. The number of carbonyl (C=O) groups excluding carboxylic acids is 1. The fourth-order valence-corrected chi connectivity index (χ4v) is 2.61. The van der Waals surface area contributed by atoms with Crippen molar-refractivity contribution in [1.29, 1.82) is 0 Å². The molecule has 1 amide bonds. The van der Waals surface area contributed by atoms with Gasteiger partial charge in [-0.25, -0.2) is 0 Å². The Hall–Kier alpha value is -0.910. The molecule has 1 aromatic heterocycles. The smallest absolute Gasteiger partial charge is 0.257 e. The summed E-state index contributed by atoms with van der Waals surface area (Å²) in [5.41, 5.74) is 0.326. The monoisotopic (exact) mass is 330 g/mol. The Kier molecular flexibility index (Phi) is 5.79. The van der Waals surface area contributed by atoms with Gasteiger partial charge in [0, 0.05) is 26.2 Å². The number of piperazine rings is 1. The summed E-state index contributed by atoms with van der Waals surface area (Å²) in [7, 11) is 0. The Bertz CT molecular complexity index is 502. The first kappa shape index (κ1) is 16.5. The lowest BCUT2D eigenvalue weighted by Gasteiger charge is -2.35. The van der Waals surface area contributed by atoms with Crippen molar-refractivity contribution in [3.63, 3.8) is 0 Å². The molecule has 1 fully saturated rings. The van der Waals surface area contributed by atoms with Crippen LogP contribution in [-0.4, -0.2) is 58.6 Å². The van der Waals surface area contributed by atoms with Gasteiger partial charge >= 0.3 is 0 Å². The highest BCUT2D eigenvalue weighted by Gasteiger charge is 2.24. The van der Waals surface area contributed by atoms with E-state index < -0.39 is 0 Å². The first-order chi connectivity index (χ1) is 9.97. The topological polar surface area (TPSA) is 49.3 Å². The van der Waals surface area contributed by atoms with Gasteiger partial charge in [0.05, 0.1) is 5.56 Å². The van der Waals surface area contributed by atoms with E-state index in [1.165, 1.54) is 12.5 Å². The summed E-state index contributed by atoms with van der Waals surface area (Å²) in [6.07, 6.45) is 1.18. The molecule has 0 bridgehead atoms. The van der Waals surface area contributed by atoms with Gasteiger partial charge in [-0.3, -0.25) is 9.69 Å². The van der Waals surface area contributed by atoms with E-state index in [0.717, 1.165) is 19.6 Å². The van der Waals surface area contributed by atoms with E-state index in [9.17, 15) is 4.79 Å². The third-order valence-electron chi connectivity index (χ3n) is 3.63. The minimum Gasteiger partial charge on any atom is -0.336 e. The molecule has 1 aliphatic heterocycles. The molecular formula is C14H20Cl2N4O. The Balaban J connectivity index is 1.92. The lowest BCUT2D eigenvalue weighted by atomic mass is 10.1. The van der Waals surface area contributed by atoms with Gasteiger partial charge in [-0.1, -0.05) is 37.0 Å². The predicted octanol–water partition coefficient (Wildman–Crippen LogP) is 2.59. The minimum atomic E-state index is -0.125. The molecule has 0 unspecified atom stereocenters. The molecule has 2 rings (SSSR count). The van der Waals surface area contributed by atoms with Gasteiger partial charge in [-0.15, -0.1) is 10.2 Å². The van der Waals surface area contributed by atoms with E-state index in [1.807, 2.05) is 0 Å². The summed E-state index contributed by atoms with van der Waals surface area (Å²) in [6.45, 7) is 8.72. The van der Waals surface area contributed by atoms with Crippen LogP contribution < -0.4 is 0 Å². The number of hydrogen-bond donors (Lipinski definition) is 0. The van der Waals surface area contributed by atoms with Crippen LogP contribution in [0, 0.1) is 5.92 Å². The van der Waals surface area contributed by atoms with Gasteiger partial charge in [-0.05, 0) is 24.9 Å². The van der Waals surface area contributed by atoms with E-state index in [4.69, 9.17) is 23.2 Å². The lowest BCUT2D eigenvalue weighted by Crippen LogP contribution is -2.49. The molecule has 116 valence electrons. The maximum absolute atomic E-state index is 12.4. The number of carbonyl (C=O) groups is 1. The third-order valence-corrected chi connectivity index (χ3v) is 4.10. The van der Waals surface area contributed by atoms with Gasteiger partial charge in [0.1, 0.15) is 0 Å². The molecule has 0 radical (unpaired) electrons. The van der Waals surface area contributed by atoms with Crippen molar-refractivity contribution in [2.24, 2.45) is 5.92 Å². The Morgan fingerprint density at radius 3 is 2.52 bits per heavy atom. The van der Waals surface area contributed by atoms with Crippen LogP contribution in [0.1, 0.15) is 30.6 Å². The van der Waals surface area contributed by atoms with Crippen molar-refractivity contribution in [2.45, 2.75) is 20.3 Å². The van der Waals surface area contributed by atoms with Crippen molar-refractivity contribution in [2.75, 3.05) is 32.7 Å². The van der Waals surface area contributed by atoms with Crippen molar-refractivity contribution >= 4 is 29.1 Å². The second-order valence-corrected chi connectivity index (χ2v) is 6.43. The molecule has 1 saturated heterocycles. The summed E-state index contributed by atoms with van der Waals surface area (Å²) < 4.78 is 0. The molecule has 0 spiro atoms. The molecule has 1 aromatic rings. The molecule has 7 heteroatoms. The second-order valence-electron chi connectivity index (χ2n) is 5.69. The van der Waals surface area contributed by atoms with Crippen LogP contribution in [0.5, 0.6) is 0 Å². The van der Waals surface area contributed by atoms with E-state index >= 15 is 0 Å². The number of aromatic nitrogens is 2. The third kappa shape index (κ3) is 4.53. The average Bonchev–Trinajstić information content (AvgIpc) is 2.47. The van der Waals surface area contributed by atoms with Crippen molar-refractivity contribution < 1.29 is 4.79 Å².